The minimum Gasteiger partial charge on any atom is -0.496 e. The third-order valence-electron chi connectivity index (χ3n) is 2.76. The number of hydrogen-bond acceptors (Lipinski definition) is 3. The van der Waals surface area contributed by atoms with E-state index in [0.717, 1.165) is 12.1 Å². The fourth-order valence-electron chi connectivity index (χ4n) is 1.82. The minimum atomic E-state index is -3.03. The first-order chi connectivity index (χ1) is 10.5. The van der Waals surface area contributed by atoms with Gasteiger partial charge >= 0.3 is 6.61 Å². The number of carbonyl (C=O) groups is 1. The van der Waals surface area contributed by atoms with E-state index in [0.29, 0.717) is 0 Å². The van der Waals surface area contributed by atoms with Gasteiger partial charge in [-0.3, -0.25) is 4.79 Å². The van der Waals surface area contributed by atoms with Crippen LogP contribution in [0.2, 0.25) is 0 Å². The average molecular weight is 311 g/mol. The van der Waals surface area contributed by atoms with Crippen molar-refractivity contribution in [2.24, 2.45) is 0 Å². The third-order valence-corrected chi connectivity index (χ3v) is 2.76. The van der Waals surface area contributed by atoms with Gasteiger partial charge in [-0.05, 0) is 30.3 Å². The molecule has 0 bridgehead atoms. The first-order valence-electron chi connectivity index (χ1n) is 6.20. The summed E-state index contributed by atoms with van der Waals surface area (Å²) in [4.78, 5) is 12.2. The molecule has 0 unspecified atom stereocenters. The Kier molecular flexibility index (Phi) is 4.88. The standard InChI is InChI=1S/C15H12F3NO3/c1-21-12-7-6-9(16)8-10(12)14(20)19-11-4-2-3-5-13(11)22-15(17)18/h2-8,15H,1H3,(H,19,20). The molecular weight excluding hydrogens is 299 g/mol. The quantitative estimate of drug-likeness (QED) is 0.916. The number of rotatable bonds is 5. The highest BCUT2D eigenvalue weighted by Gasteiger charge is 2.16. The zero-order valence-corrected chi connectivity index (χ0v) is 11.5. The second-order valence-corrected chi connectivity index (χ2v) is 4.17. The Morgan fingerprint density at radius 1 is 1.14 bits per heavy atom. The summed E-state index contributed by atoms with van der Waals surface area (Å²) < 4.78 is 47.2. The fraction of sp³-hybridized carbons (Fsp3) is 0.133. The van der Waals surface area contributed by atoms with Crippen molar-refractivity contribution in [3.63, 3.8) is 0 Å². The molecule has 0 aromatic heterocycles. The van der Waals surface area contributed by atoms with E-state index in [2.05, 4.69) is 10.1 Å². The Labute approximate surface area is 124 Å². The summed E-state index contributed by atoms with van der Waals surface area (Å²) >= 11 is 0. The van der Waals surface area contributed by atoms with Crippen molar-refractivity contribution in [2.75, 3.05) is 12.4 Å². The molecule has 0 aliphatic heterocycles. The number of alkyl halides is 2. The molecule has 7 heteroatoms. The van der Waals surface area contributed by atoms with Gasteiger partial charge in [-0.25, -0.2) is 4.39 Å². The van der Waals surface area contributed by atoms with Gasteiger partial charge in [0, 0.05) is 0 Å². The predicted molar refractivity (Wildman–Crippen MR) is 74.0 cm³/mol. The molecule has 22 heavy (non-hydrogen) atoms. The van der Waals surface area contributed by atoms with Gasteiger partial charge in [0.1, 0.15) is 17.3 Å². The van der Waals surface area contributed by atoms with E-state index in [-0.39, 0.29) is 22.7 Å². The van der Waals surface area contributed by atoms with Crippen LogP contribution in [0.25, 0.3) is 0 Å². The van der Waals surface area contributed by atoms with Crippen LogP contribution in [-0.4, -0.2) is 19.6 Å². The van der Waals surface area contributed by atoms with Gasteiger partial charge in [0.15, 0.2) is 0 Å². The van der Waals surface area contributed by atoms with Gasteiger partial charge in [0.25, 0.3) is 5.91 Å². The van der Waals surface area contributed by atoms with Gasteiger partial charge in [0.05, 0.1) is 18.4 Å². The van der Waals surface area contributed by atoms with Crippen LogP contribution in [0.1, 0.15) is 10.4 Å². The summed E-state index contributed by atoms with van der Waals surface area (Å²) in [5, 5.41) is 2.39. The van der Waals surface area contributed by atoms with Crippen LogP contribution in [0.5, 0.6) is 11.5 Å². The molecule has 116 valence electrons. The molecule has 0 aliphatic carbocycles. The van der Waals surface area contributed by atoms with Crippen molar-refractivity contribution in [2.45, 2.75) is 6.61 Å². The van der Waals surface area contributed by atoms with Crippen molar-refractivity contribution in [1.29, 1.82) is 0 Å². The summed E-state index contributed by atoms with van der Waals surface area (Å²) in [5.41, 5.74) is -0.0199. The monoisotopic (exact) mass is 311 g/mol. The molecule has 0 saturated heterocycles. The van der Waals surface area contributed by atoms with Crippen molar-refractivity contribution >= 4 is 11.6 Å². The number of carbonyl (C=O) groups excluding carboxylic acids is 1. The number of ether oxygens (including phenoxy) is 2. The molecular formula is C15H12F3NO3. The first-order valence-corrected chi connectivity index (χ1v) is 6.20. The minimum absolute atomic E-state index is 0.0408. The van der Waals surface area contributed by atoms with Gasteiger partial charge < -0.3 is 14.8 Å². The Morgan fingerprint density at radius 3 is 2.55 bits per heavy atom. The molecule has 2 aromatic carbocycles. The van der Waals surface area contributed by atoms with E-state index in [4.69, 9.17) is 4.74 Å². The average Bonchev–Trinajstić information content (AvgIpc) is 2.48. The Bertz CT molecular complexity index is 677. The Morgan fingerprint density at radius 2 is 1.86 bits per heavy atom. The van der Waals surface area contributed by atoms with Crippen LogP contribution >= 0.6 is 0 Å². The highest BCUT2D eigenvalue weighted by atomic mass is 19.3. The SMILES string of the molecule is COc1ccc(F)cc1C(=O)Nc1ccccc1OC(F)F. The van der Waals surface area contributed by atoms with Gasteiger partial charge in [0.2, 0.25) is 0 Å². The number of amides is 1. The topological polar surface area (TPSA) is 47.6 Å². The lowest BCUT2D eigenvalue weighted by atomic mass is 10.1. The zero-order chi connectivity index (χ0) is 16.1. The maximum Gasteiger partial charge on any atom is 0.387 e. The number of hydrogen-bond donors (Lipinski definition) is 1. The predicted octanol–water partition coefficient (Wildman–Crippen LogP) is 3.69. The molecule has 0 heterocycles. The van der Waals surface area contributed by atoms with Gasteiger partial charge in [-0.2, -0.15) is 8.78 Å². The van der Waals surface area contributed by atoms with E-state index >= 15 is 0 Å². The third kappa shape index (κ3) is 3.69. The number of benzene rings is 2. The number of methoxy groups -OCH3 is 1. The second kappa shape index (κ2) is 6.84. The summed E-state index contributed by atoms with van der Waals surface area (Å²) in [6.07, 6.45) is 0. The van der Waals surface area contributed by atoms with E-state index in [9.17, 15) is 18.0 Å². The lowest BCUT2D eigenvalue weighted by Gasteiger charge is -2.13. The van der Waals surface area contributed by atoms with Crippen LogP contribution in [0, 0.1) is 5.82 Å². The fourth-order valence-corrected chi connectivity index (χ4v) is 1.82. The lowest BCUT2D eigenvalue weighted by Crippen LogP contribution is -2.15. The summed E-state index contributed by atoms with van der Waals surface area (Å²) in [5.74, 6) is -1.36. The number of anilines is 1. The van der Waals surface area contributed by atoms with Crippen molar-refractivity contribution in [1.82, 2.24) is 0 Å². The van der Waals surface area contributed by atoms with Crippen LogP contribution in [0.3, 0.4) is 0 Å². The largest absolute Gasteiger partial charge is 0.496 e. The Balaban J connectivity index is 2.28. The first kappa shape index (κ1) is 15.7. The van der Waals surface area contributed by atoms with Crippen molar-refractivity contribution in [3.05, 3.63) is 53.8 Å². The maximum absolute atomic E-state index is 13.3. The highest BCUT2D eigenvalue weighted by Crippen LogP contribution is 2.27. The summed E-state index contributed by atoms with van der Waals surface area (Å²) in [6.45, 7) is -3.03. The molecule has 2 rings (SSSR count). The summed E-state index contributed by atoms with van der Waals surface area (Å²) in [6, 6.07) is 9.12. The molecule has 0 saturated carbocycles. The van der Waals surface area contributed by atoms with E-state index < -0.39 is 18.3 Å². The molecule has 0 aliphatic rings. The van der Waals surface area contributed by atoms with Crippen molar-refractivity contribution in [3.8, 4) is 11.5 Å². The molecule has 4 nitrogen and oxygen atoms in total. The molecule has 0 atom stereocenters. The number of para-hydroxylation sites is 2. The van der Waals surface area contributed by atoms with Crippen LogP contribution in [0.15, 0.2) is 42.5 Å². The summed E-state index contributed by atoms with van der Waals surface area (Å²) in [7, 11) is 1.33. The molecule has 0 fully saturated rings. The second-order valence-electron chi connectivity index (χ2n) is 4.17. The zero-order valence-electron chi connectivity index (χ0n) is 11.5. The van der Waals surface area contributed by atoms with E-state index in [1.165, 1.54) is 37.4 Å². The molecule has 0 spiro atoms. The molecule has 1 amide bonds. The van der Waals surface area contributed by atoms with Crippen LogP contribution < -0.4 is 14.8 Å². The van der Waals surface area contributed by atoms with E-state index in [1.807, 2.05) is 0 Å². The molecule has 0 radical (unpaired) electrons. The highest BCUT2D eigenvalue weighted by molar-refractivity contribution is 6.06. The maximum atomic E-state index is 13.3. The number of nitrogens with one attached hydrogen (secondary N) is 1. The van der Waals surface area contributed by atoms with Crippen molar-refractivity contribution < 1.29 is 27.4 Å². The van der Waals surface area contributed by atoms with E-state index in [1.54, 1.807) is 0 Å². The van der Waals surface area contributed by atoms with Gasteiger partial charge in [-0.1, -0.05) is 12.1 Å². The lowest BCUT2D eigenvalue weighted by molar-refractivity contribution is -0.0493. The smallest absolute Gasteiger partial charge is 0.387 e. The normalized spacial score (nSPS) is 10.4. The molecule has 2 aromatic rings. The Hall–Kier alpha value is -2.70. The van der Waals surface area contributed by atoms with Gasteiger partial charge in [-0.15, -0.1) is 0 Å². The van der Waals surface area contributed by atoms with Crippen LogP contribution in [0.4, 0.5) is 18.9 Å². The van der Waals surface area contributed by atoms with Crippen LogP contribution in [-0.2, 0) is 0 Å². The molecule has 1 N–H and O–H groups in total. The number of halogens is 3.